The van der Waals surface area contributed by atoms with E-state index in [0.717, 1.165) is 27.5 Å². The molecule has 1 N–H and O–H groups in total. The molecular weight excluding hydrogens is 337 g/mol. The molecule has 0 saturated carbocycles. The van der Waals surface area contributed by atoms with E-state index in [1.54, 1.807) is 23.9 Å². The smallest absolute Gasteiger partial charge is 0.303 e. The van der Waals surface area contributed by atoms with Gasteiger partial charge in [0.15, 0.2) is 0 Å². The van der Waals surface area contributed by atoms with Gasteiger partial charge in [0.05, 0.1) is 12.1 Å². The lowest BCUT2D eigenvalue weighted by Crippen LogP contribution is -2.05. The first-order valence-corrected chi connectivity index (χ1v) is 9.14. The molecule has 0 saturated heterocycles. The molecule has 3 rings (SSSR count). The Kier molecular flexibility index (Phi) is 5.24. The Labute approximate surface area is 150 Å². The Hall–Kier alpha value is -2.53. The number of aromatic nitrogens is 1. The standard InChI is InChI=1S/C20H18FNO2S/c1-25-18-10-6-16(7-11-18)22-17(9-13-20(23)24)8-12-19(22)14-2-4-15(21)5-3-14/h2-8,10-12H,9,13H2,1H3,(H,23,24). The van der Waals surface area contributed by atoms with Crippen molar-refractivity contribution >= 4 is 17.7 Å². The Bertz CT molecular complexity index is 870. The molecule has 0 fully saturated rings. The molecule has 2 aromatic carbocycles. The van der Waals surface area contributed by atoms with Crippen LogP contribution in [0.15, 0.2) is 65.6 Å². The zero-order valence-corrected chi connectivity index (χ0v) is 14.6. The Balaban J connectivity index is 2.08. The lowest BCUT2D eigenvalue weighted by Gasteiger charge is -2.14. The van der Waals surface area contributed by atoms with Crippen molar-refractivity contribution in [2.45, 2.75) is 17.7 Å². The van der Waals surface area contributed by atoms with Gasteiger partial charge in [-0.2, -0.15) is 0 Å². The molecule has 3 aromatic rings. The third-order valence-corrected chi connectivity index (χ3v) is 4.77. The normalized spacial score (nSPS) is 10.8. The number of aliphatic carboxylic acids is 1. The number of carboxylic acid groups (broad SMARTS) is 1. The number of thioether (sulfide) groups is 1. The SMILES string of the molecule is CSc1ccc(-n2c(CCC(=O)O)ccc2-c2ccc(F)cc2)cc1. The van der Waals surface area contributed by atoms with Gasteiger partial charge in [0.2, 0.25) is 0 Å². The summed E-state index contributed by atoms with van der Waals surface area (Å²) in [4.78, 5) is 12.1. The van der Waals surface area contributed by atoms with E-state index >= 15 is 0 Å². The van der Waals surface area contributed by atoms with E-state index in [1.165, 1.54) is 12.1 Å². The Morgan fingerprint density at radius 2 is 1.72 bits per heavy atom. The topological polar surface area (TPSA) is 42.2 Å². The highest BCUT2D eigenvalue weighted by molar-refractivity contribution is 7.98. The Morgan fingerprint density at radius 3 is 2.32 bits per heavy atom. The molecule has 0 unspecified atom stereocenters. The summed E-state index contributed by atoms with van der Waals surface area (Å²) in [5.74, 6) is -1.11. The first kappa shape index (κ1) is 17.3. The number of carbonyl (C=O) groups is 1. The predicted octanol–water partition coefficient (Wildman–Crippen LogP) is 5.02. The summed E-state index contributed by atoms with van der Waals surface area (Å²) < 4.78 is 15.3. The van der Waals surface area contributed by atoms with Crippen LogP contribution in [0.2, 0.25) is 0 Å². The van der Waals surface area contributed by atoms with Crippen LogP contribution < -0.4 is 0 Å². The van der Waals surface area contributed by atoms with Gasteiger partial charge < -0.3 is 9.67 Å². The third kappa shape index (κ3) is 3.94. The van der Waals surface area contributed by atoms with Crippen LogP contribution in [-0.4, -0.2) is 21.9 Å². The second-order valence-corrected chi connectivity index (χ2v) is 6.52. The highest BCUT2D eigenvalue weighted by Gasteiger charge is 2.13. The summed E-state index contributed by atoms with van der Waals surface area (Å²) in [6.45, 7) is 0. The van der Waals surface area contributed by atoms with Crippen LogP contribution in [0.4, 0.5) is 4.39 Å². The van der Waals surface area contributed by atoms with Gasteiger partial charge >= 0.3 is 5.97 Å². The van der Waals surface area contributed by atoms with E-state index in [2.05, 4.69) is 0 Å². The molecule has 0 aliphatic rings. The largest absolute Gasteiger partial charge is 0.481 e. The van der Waals surface area contributed by atoms with Crippen LogP contribution >= 0.6 is 11.8 Å². The molecule has 1 aromatic heterocycles. The van der Waals surface area contributed by atoms with Gasteiger partial charge in [-0.25, -0.2) is 4.39 Å². The summed E-state index contributed by atoms with van der Waals surface area (Å²) >= 11 is 1.67. The van der Waals surface area contributed by atoms with Crippen molar-refractivity contribution in [2.75, 3.05) is 6.26 Å². The molecule has 0 spiro atoms. The molecule has 0 amide bonds. The highest BCUT2D eigenvalue weighted by atomic mass is 32.2. The maximum absolute atomic E-state index is 13.2. The molecule has 25 heavy (non-hydrogen) atoms. The number of hydrogen-bond acceptors (Lipinski definition) is 2. The van der Waals surface area contributed by atoms with Crippen molar-refractivity contribution in [1.29, 1.82) is 0 Å². The fourth-order valence-corrected chi connectivity index (χ4v) is 3.20. The summed E-state index contributed by atoms with van der Waals surface area (Å²) in [5.41, 5.74) is 3.68. The van der Waals surface area contributed by atoms with Gasteiger partial charge in [0.25, 0.3) is 0 Å². The summed E-state index contributed by atoms with van der Waals surface area (Å²) in [6.07, 6.45) is 2.52. The van der Waals surface area contributed by atoms with Crippen LogP contribution in [0.1, 0.15) is 12.1 Å². The molecule has 0 aliphatic carbocycles. The molecule has 0 atom stereocenters. The zero-order chi connectivity index (χ0) is 17.8. The molecule has 0 radical (unpaired) electrons. The number of hydrogen-bond donors (Lipinski definition) is 1. The van der Waals surface area contributed by atoms with E-state index in [1.807, 2.05) is 47.2 Å². The molecule has 3 nitrogen and oxygen atoms in total. The van der Waals surface area contributed by atoms with E-state index in [-0.39, 0.29) is 12.2 Å². The predicted molar refractivity (Wildman–Crippen MR) is 98.9 cm³/mol. The first-order chi connectivity index (χ1) is 12.1. The lowest BCUT2D eigenvalue weighted by atomic mass is 10.1. The van der Waals surface area contributed by atoms with Crippen LogP contribution in [0.25, 0.3) is 16.9 Å². The second kappa shape index (κ2) is 7.57. The van der Waals surface area contributed by atoms with E-state index in [0.29, 0.717) is 6.42 Å². The van der Waals surface area contributed by atoms with Crippen molar-refractivity contribution in [3.8, 4) is 16.9 Å². The molecule has 1 heterocycles. The minimum Gasteiger partial charge on any atom is -0.481 e. The monoisotopic (exact) mass is 355 g/mol. The van der Waals surface area contributed by atoms with Gasteiger partial charge in [-0.3, -0.25) is 4.79 Å². The lowest BCUT2D eigenvalue weighted by molar-refractivity contribution is -0.136. The van der Waals surface area contributed by atoms with Crippen LogP contribution in [0, 0.1) is 5.82 Å². The Morgan fingerprint density at radius 1 is 1.04 bits per heavy atom. The van der Waals surface area contributed by atoms with E-state index in [9.17, 15) is 9.18 Å². The number of halogens is 1. The van der Waals surface area contributed by atoms with Gasteiger partial charge in [-0.05, 0) is 78.9 Å². The summed E-state index contributed by atoms with van der Waals surface area (Å²) in [6, 6.07) is 18.3. The quantitative estimate of drug-likeness (QED) is 0.631. The minimum absolute atomic E-state index is 0.0652. The fraction of sp³-hybridized carbons (Fsp3) is 0.150. The number of carboxylic acids is 1. The maximum atomic E-state index is 13.2. The third-order valence-electron chi connectivity index (χ3n) is 4.03. The molecule has 128 valence electrons. The molecule has 5 heteroatoms. The van der Waals surface area contributed by atoms with Crippen molar-refractivity contribution in [3.63, 3.8) is 0 Å². The molecule has 0 aliphatic heterocycles. The van der Waals surface area contributed by atoms with Gasteiger partial charge in [0.1, 0.15) is 5.82 Å². The van der Waals surface area contributed by atoms with Gasteiger partial charge in [0, 0.05) is 16.3 Å². The van der Waals surface area contributed by atoms with E-state index in [4.69, 9.17) is 5.11 Å². The van der Waals surface area contributed by atoms with Crippen molar-refractivity contribution in [3.05, 3.63) is 72.2 Å². The fourth-order valence-electron chi connectivity index (χ4n) is 2.79. The molecular formula is C20H18FNO2S. The van der Waals surface area contributed by atoms with Crippen molar-refractivity contribution < 1.29 is 14.3 Å². The van der Waals surface area contributed by atoms with Crippen LogP contribution in [0.3, 0.4) is 0 Å². The summed E-state index contributed by atoms with van der Waals surface area (Å²) in [5, 5.41) is 9.01. The number of benzene rings is 2. The van der Waals surface area contributed by atoms with Crippen LogP contribution in [-0.2, 0) is 11.2 Å². The van der Waals surface area contributed by atoms with Gasteiger partial charge in [-0.15, -0.1) is 11.8 Å². The maximum Gasteiger partial charge on any atom is 0.303 e. The zero-order valence-electron chi connectivity index (χ0n) is 13.8. The average molecular weight is 355 g/mol. The molecule has 0 bridgehead atoms. The first-order valence-electron chi connectivity index (χ1n) is 7.91. The number of rotatable bonds is 6. The number of aryl methyl sites for hydroxylation is 1. The number of nitrogens with zero attached hydrogens (tertiary/aromatic N) is 1. The van der Waals surface area contributed by atoms with Crippen molar-refractivity contribution in [2.24, 2.45) is 0 Å². The summed E-state index contributed by atoms with van der Waals surface area (Å²) in [7, 11) is 0. The highest BCUT2D eigenvalue weighted by Crippen LogP contribution is 2.28. The second-order valence-electron chi connectivity index (χ2n) is 5.64. The van der Waals surface area contributed by atoms with Crippen molar-refractivity contribution in [1.82, 2.24) is 4.57 Å². The van der Waals surface area contributed by atoms with E-state index < -0.39 is 5.97 Å². The van der Waals surface area contributed by atoms with Gasteiger partial charge in [-0.1, -0.05) is 0 Å². The minimum atomic E-state index is -0.825. The van der Waals surface area contributed by atoms with Crippen LogP contribution in [0.5, 0.6) is 0 Å². The average Bonchev–Trinajstić information content (AvgIpc) is 3.04.